The Morgan fingerprint density at radius 3 is 2.67 bits per heavy atom. The van der Waals surface area contributed by atoms with Crippen LogP contribution in [0.5, 0.6) is 5.75 Å². The maximum Gasteiger partial charge on any atom is 0.276 e. The first kappa shape index (κ1) is 14.4. The Kier molecular flexibility index (Phi) is 5.06. The van der Waals surface area contributed by atoms with Crippen molar-refractivity contribution in [2.75, 3.05) is 20.2 Å². The topological polar surface area (TPSA) is 84.6 Å². The van der Waals surface area contributed by atoms with Crippen LogP contribution >= 0.6 is 0 Å². The van der Waals surface area contributed by atoms with Gasteiger partial charge in [-0.15, -0.1) is 0 Å². The molecule has 1 aromatic rings. The second-order valence-corrected chi connectivity index (χ2v) is 4.18. The van der Waals surface area contributed by atoms with Gasteiger partial charge in [-0.2, -0.15) is 0 Å². The highest BCUT2D eigenvalue weighted by molar-refractivity contribution is 5.49. The lowest BCUT2D eigenvalue weighted by Crippen LogP contribution is -2.29. The standard InChI is InChI=1S/C12H18N2O4/c1-8-4-9(2)12(5-11(8)14(16)17)18-7-10(15)6-13-3/h4-5,10,13,15H,6-7H2,1-3H3. The summed E-state index contributed by atoms with van der Waals surface area (Å²) in [5, 5.41) is 23.1. The Hall–Kier alpha value is -1.66. The summed E-state index contributed by atoms with van der Waals surface area (Å²) < 4.78 is 5.40. The van der Waals surface area contributed by atoms with Crippen molar-refractivity contribution in [3.05, 3.63) is 33.4 Å². The van der Waals surface area contributed by atoms with Gasteiger partial charge in [0.1, 0.15) is 18.5 Å². The number of aliphatic hydroxyl groups is 1. The van der Waals surface area contributed by atoms with Gasteiger partial charge < -0.3 is 15.2 Å². The van der Waals surface area contributed by atoms with Crippen LogP contribution < -0.4 is 10.1 Å². The zero-order chi connectivity index (χ0) is 13.7. The number of hydrogen-bond donors (Lipinski definition) is 2. The van der Waals surface area contributed by atoms with Gasteiger partial charge in [-0.1, -0.05) is 0 Å². The van der Waals surface area contributed by atoms with E-state index in [1.165, 1.54) is 6.07 Å². The van der Waals surface area contributed by atoms with Gasteiger partial charge in [0.15, 0.2) is 0 Å². The van der Waals surface area contributed by atoms with Gasteiger partial charge in [0.2, 0.25) is 0 Å². The first-order chi connectivity index (χ1) is 8.45. The average molecular weight is 254 g/mol. The number of aliphatic hydroxyl groups excluding tert-OH is 1. The molecule has 0 fully saturated rings. The lowest BCUT2D eigenvalue weighted by Gasteiger charge is -2.13. The molecular weight excluding hydrogens is 236 g/mol. The number of hydrogen-bond acceptors (Lipinski definition) is 5. The average Bonchev–Trinajstić information content (AvgIpc) is 2.27. The Balaban J connectivity index is 2.82. The predicted molar refractivity (Wildman–Crippen MR) is 68.0 cm³/mol. The van der Waals surface area contributed by atoms with E-state index in [2.05, 4.69) is 5.32 Å². The minimum absolute atomic E-state index is 0.0266. The van der Waals surface area contributed by atoms with E-state index < -0.39 is 11.0 Å². The number of nitrogens with one attached hydrogen (secondary N) is 1. The van der Waals surface area contributed by atoms with Crippen LogP contribution in [-0.2, 0) is 0 Å². The van der Waals surface area contributed by atoms with E-state index in [0.29, 0.717) is 17.9 Å². The molecule has 1 rings (SSSR count). The first-order valence-corrected chi connectivity index (χ1v) is 5.66. The Labute approximate surface area is 106 Å². The summed E-state index contributed by atoms with van der Waals surface area (Å²) in [6, 6.07) is 3.11. The van der Waals surface area contributed by atoms with Crippen LogP contribution in [0.4, 0.5) is 5.69 Å². The minimum Gasteiger partial charge on any atom is -0.490 e. The molecule has 18 heavy (non-hydrogen) atoms. The minimum atomic E-state index is -0.644. The van der Waals surface area contributed by atoms with E-state index in [4.69, 9.17) is 4.74 Å². The smallest absolute Gasteiger partial charge is 0.276 e. The van der Waals surface area contributed by atoms with Crippen molar-refractivity contribution in [2.24, 2.45) is 0 Å². The van der Waals surface area contributed by atoms with Crippen molar-refractivity contribution in [1.82, 2.24) is 5.32 Å². The molecule has 6 nitrogen and oxygen atoms in total. The van der Waals surface area contributed by atoms with Gasteiger partial charge in [-0.05, 0) is 32.5 Å². The summed E-state index contributed by atoms with van der Waals surface area (Å²) in [7, 11) is 1.73. The Morgan fingerprint density at radius 2 is 2.11 bits per heavy atom. The molecule has 1 atom stereocenters. The van der Waals surface area contributed by atoms with E-state index >= 15 is 0 Å². The molecule has 0 aliphatic carbocycles. The fourth-order valence-electron chi connectivity index (χ4n) is 1.65. The molecule has 0 bridgehead atoms. The van der Waals surface area contributed by atoms with Crippen molar-refractivity contribution >= 4 is 5.69 Å². The van der Waals surface area contributed by atoms with E-state index in [0.717, 1.165) is 5.56 Å². The normalized spacial score (nSPS) is 12.2. The van der Waals surface area contributed by atoms with Crippen molar-refractivity contribution in [3.63, 3.8) is 0 Å². The lowest BCUT2D eigenvalue weighted by molar-refractivity contribution is -0.385. The predicted octanol–water partition coefficient (Wildman–Crippen LogP) is 1.17. The molecule has 0 aromatic heterocycles. The number of benzene rings is 1. The summed E-state index contributed by atoms with van der Waals surface area (Å²) in [6.45, 7) is 4.01. The van der Waals surface area contributed by atoms with Crippen molar-refractivity contribution in [2.45, 2.75) is 20.0 Å². The van der Waals surface area contributed by atoms with Crippen molar-refractivity contribution in [3.8, 4) is 5.75 Å². The number of nitrogens with zero attached hydrogens (tertiary/aromatic N) is 1. The molecule has 1 unspecified atom stereocenters. The van der Waals surface area contributed by atoms with Crippen LogP contribution in [0.3, 0.4) is 0 Å². The number of aryl methyl sites for hydroxylation is 2. The second-order valence-electron chi connectivity index (χ2n) is 4.18. The van der Waals surface area contributed by atoms with Crippen LogP contribution in [0.25, 0.3) is 0 Å². The lowest BCUT2D eigenvalue weighted by atomic mass is 10.1. The van der Waals surface area contributed by atoms with Gasteiger partial charge >= 0.3 is 0 Å². The second kappa shape index (κ2) is 6.32. The van der Waals surface area contributed by atoms with Crippen molar-refractivity contribution < 1.29 is 14.8 Å². The molecule has 0 spiro atoms. The number of nitro benzene ring substituents is 1. The summed E-state index contributed by atoms with van der Waals surface area (Å²) >= 11 is 0. The number of nitro groups is 1. The highest BCUT2D eigenvalue weighted by atomic mass is 16.6. The molecule has 6 heteroatoms. The van der Waals surface area contributed by atoms with Gasteiger partial charge in [-0.3, -0.25) is 10.1 Å². The number of rotatable bonds is 6. The van der Waals surface area contributed by atoms with Gasteiger partial charge in [0.25, 0.3) is 5.69 Å². The summed E-state index contributed by atoms with van der Waals surface area (Å²) in [5.74, 6) is 0.433. The van der Waals surface area contributed by atoms with Crippen LogP contribution in [-0.4, -0.2) is 36.3 Å². The summed E-state index contributed by atoms with van der Waals surface area (Å²) in [6.07, 6.45) is -0.644. The molecular formula is C12H18N2O4. The molecule has 0 saturated carbocycles. The largest absolute Gasteiger partial charge is 0.490 e. The third-order valence-corrected chi connectivity index (χ3v) is 2.56. The maximum atomic E-state index is 10.8. The van der Waals surface area contributed by atoms with Crippen LogP contribution in [0, 0.1) is 24.0 Å². The third-order valence-electron chi connectivity index (χ3n) is 2.56. The molecule has 0 radical (unpaired) electrons. The van der Waals surface area contributed by atoms with E-state index in [1.54, 1.807) is 20.0 Å². The molecule has 0 aliphatic rings. The number of ether oxygens (including phenoxy) is 1. The van der Waals surface area contributed by atoms with Crippen LogP contribution in [0.1, 0.15) is 11.1 Å². The Morgan fingerprint density at radius 1 is 1.44 bits per heavy atom. The van der Waals surface area contributed by atoms with Gasteiger partial charge in [0, 0.05) is 12.1 Å². The number of likely N-dealkylation sites (N-methyl/N-ethyl adjacent to an activating group) is 1. The van der Waals surface area contributed by atoms with Gasteiger partial charge in [0.05, 0.1) is 11.0 Å². The van der Waals surface area contributed by atoms with Crippen LogP contribution in [0.15, 0.2) is 12.1 Å². The maximum absolute atomic E-state index is 10.8. The molecule has 2 N–H and O–H groups in total. The molecule has 0 heterocycles. The van der Waals surface area contributed by atoms with E-state index in [1.807, 2.05) is 6.92 Å². The molecule has 0 aliphatic heterocycles. The quantitative estimate of drug-likeness (QED) is 0.588. The molecule has 1 aromatic carbocycles. The zero-order valence-corrected chi connectivity index (χ0v) is 10.8. The molecule has 0 amide bonds. The molecule has 100 valence electrons. The van der Waals surface area contributed by atoms with E-state index in [9.17, 15) is 15.2 Å². The summed E-state index contributed by atoms with van der Waals surface area (Å²) in [4.78, 5) is 10.4. The van der Waals surface area contributed by atoms with Crippen molar-refractivity contribution in [1.29, 1.82) is 0 Å². The van der Waals surface area contributed by atoms with Gasteiger partial charge in [-0.25, -0.2) is 0 Å². The zero-order valence-electron chi connectivity index (χ0n) is 10.8. The Bertz CT molecular complexity index is 434. The fraction of sp³-hybridized carbons (Fsp3) is 0.500. The summed E-state index contributed by atoms with van der Waals surface area (Å²) in [5.41, 5.74) is 1.44. The first-order valence-electron chi connectivity index (χ1n) is 5.66. The van der Waals surface area contributed by atoms with Crippen LogP contribution in [0.2, 0.25) is 0 Å². The molecule has 0 saturated heterocycles. The highest BCUT2D eigenvalue weighted by Gasteiger charge is 2.15. The van der Waals surface area contributed by atoms with E-state index in [-0.39, 0.29) is 12.3 Å². The monoisotopic (exact) mass is 254 g/mol. The highest BCUT2D eigenvalue weighted by Crippen LogP contribution is 2.28. The SMILES string of the molecule is CNCC(O)COc1cc([N+](=O)[O-])c(C)cc1C. The third kappa shape index (κ3) is 3.68. The fourth-order valence-corrected chi connectivity index (χ4v) is 1.65.